The van der Waals surface area contributed by atoms with Crippen LogP contribution in [-0.2, 0) is 19.4 Å². The van der Waals surface area contributed by atoms with E-state index in [9.17, 15) is 0 Å². The summed E-state index contributed by atoms with van der Waals surface area (Å²) < 4.78 is 5.49. The summed E-state index contributed by atoms with van der Waals surface area (Å²) in [5.74, 6) is 1.38. The van der Waals surface area contributed by atoms with Crippen LogP contribution in [0.15, 0.2) is 47.0 Å². The van der Waals surface area contributed by atoms with E-state index in [-0.39, 0.29) is 12.4 Å². The van der Waals surface area contributed by atoms with Gasteiger partial charge in [-0.1, -0.05) is 35.5 Å². The number of aryl methyl sites for hydroxylation is 1. The molecule has 2 aromatic carbocycles. The van der Waals surface area contributed by atoms with Gasteiger partial charge >= 0.3 is 0 Å². The monoisotopic (exact) mass is 370 g/mol. The fourth-order valence-electron chi connectivity index (χ4n) is 3.46. The molecule has 0 bridgehead atoms. The maximum atomic E-state index is 6.12. The quantitative estimate of drug-likeness (QED) is 0.705. The first-order chi connectivity index (χ1) is 12.2. The Labute approximate surface area is 159 Å². The minimum absolute atomic E-state index is 0. The average Bonchev–Trinajstić information content (AvgIpc) is 3.05. The van der Waals surface area contributed by atoms with Crippen molar-refractivity contribution in [2.24, 2.45) is 0 Å². The van der Waals surface area contributed by atoms with Crippen molar-refractivity contribution in [1.82, 2.24) is 10.1 Å². The van der Waals surface area contributed by atoms with Crippen LogP contribution in [0.2, 0.25) is 0 Å². The van der Waals surface area contributed by atoms with Crippen LogP contribution >= 0.6 is 12.4 Å². The van der Waals surface area contributed by atoms with Gasteiger partial charge in [0.2, 0.25) is 5.89 Å². The molecule has 4 rings (SSSR count). The molecule has 1 aliphatic rings. The Morgan fingerprint density at radius 1 is 1.15 bits per heavy atom. The molecule has 0 fully saturated rings. The van der Waals surface area contributed by atoms with E-state index in [4.69, 9.17) is 10.3 Å². The highest BCUT2D eigenvalue weighted by Gasteiger charge is 2.20. The number of halogens is 1. The normalized spacial score (nSPS) is 13.2. The minimum atomic E-state index is 0. The molecule has 26 heavy (non-hydrogen) atoms. The van der Waals surface area contributed by atoms with Crippen molar-refractivity contribution in [1.29, 1.82) is 0 Å². The van der Waals surface area contributed by atoms with Gasteiger partial charge in [-0.15, -0.1) is 12.4 Å². The summed E-state index contributed by atoms with van der Waals surface area (Å²) in [6.45, 7) is 3.70. The SMILES string of the molecule is Cc1ccccc1Cc1noc(CN2CCCc3c(N)cccc32)n1.Cl. The molecule has 2 N–H and O–H groups in total. The minimum Gasteiger partial charge on any atom is -0.398 e. The van der Waals surface area contributed by atoms with E-state index in [1.54, 1.807) is 0 Å². The second-order valence-electron chi connectivity index (χ2n) is 6.58. The molecule has 5 nitrogen and oxygen atoms in total. The maximum absolute atomic E-state index is 6.12. The highest BCUT2D eigenvalue weighted by Crippen LogP contribution is 2.32. The number of hydrogen-bond donors (Lipinski definition) is 1. The highest BCUT2D eigenvalue weighted by atomic mass is 35.5. The molecule has 0 saturated heterocycles. The molecule has 1 aliphatic heterocycles. The van der Waals surface area contributed by atoms with Crippen molar-refractivity contribution in [2.45, 2.75) is 32.7 Å². The lowest BCUT2D eigenvalue weighted by Gasteiger charge is -2.30. The number of rotatable bonds is 4. The van der Waals surface area contributed by atoms with Crippen LogP contribution in [0.3, 0.4) is 0 Å². The van der Waals surface area contributed by atoms with Crippen molar-refractivity contribution in [3.05, 3.63) is 70.9 Å². The molecule has 0 amide bonds. The zero-order valence-electron chi connectivity index (χ0n) is 14.8. The third-order valence-corrected chi connectivity index (χ3v) is 4.83. The summed E-state index contributed by atoms with van der Waals surface area (Å²) in [4.78, 5) is 6.86. The molecule has 6 heteroatoms. The first-order valence-corrected chi connectivity index (χ1v) is 8.69. The molecule has 0 unspecified atom stereocenters. The van der Waals surface area contributed by atoms with Crippen LogP contribution in [0.4, 0.5) is 11.4 Å². The van der Waals surface area contributed by atoms with Gasteiger partial charge in [0.05, 0.1) is 6.54 Å². The predicted octanol–water partition coefficient (Wildman–Crippen LogP) is 3.93. The Bertz CT molecular complexity index is 893. The number of nitrogen functional groups attached to an aromatic ring is 1. The van der Waals surface area contributed by atoms with Crippen LogP contribution in [0.1, 0.15) is 34.8 Å². The fraction of sp³-hybridized carbons (Fsp3) is 0.300. The van der Waals surface area contributed by atoms with Crippen LogP contribution in [-0.4, -0.2) is 16.7 Å². The number of nitrogens with two attached hydrogens (primary N) is 1. The fourth-order valence-corrected chi connectivity index (χ4v) is 3.46. The third-order valence-electron chi connectivity index (χ3n) is 4.83. The van der Waals surface area contributed by atoms with E-state index in [2.05, 4.69) is 40.2 Å². The summed E-state index contributed by atoms with van der Waals surface area (Å²) in [5.41, 5.74) is 11.9. The topological polar surface area (TPSA) is 68.2 Å². The summed E-state index contributed by atoms with van der Waals surface area (Å²) in [5, 5.41) is 4.15. The summed E-state index contributed by atoms with van der Waals surface area (Å²) in [6.07, 6.45) is 2.81. The number of nitrogens with zero attached hydrogens (tertiary/aromatic N) is 3. The summed E-state index contributed by atoms with van der Waals surface area (Å²) >= 11 is 0. The Morgan fingerprint density at radius 2 is 2.00 bits per heavy atom. The molecule has 0 radical (unpaired) electrons. The van der Waals surface area contributed by atoms with E-state index in [0.717, 1.165) is 30.9 Å². The lowest BCUT2D eigenvalue weighted by atomic mass is 10.00. The molecular formula is C20H23ClN4O. The standard InChI is InChI=1S/C20H22N4O.ClH/c1-14-6-2-3-7-15(14)12-19-22-20(25-23-19)13-24-11-5-8-16-17(21)9-4-10-18(16)24;/h2-4,6-7,9-10H,5,8,11-13,21H2,1H3;1H. The largest absolute Gasteiger partial charge is 0.398 e. The Hall–Kier alpha value is -2.53. The summed E-state index contributed by atoms with van der Waals surface area (Å²) in [7, 11) is 0. The first kappa shape index (κ1) is 18.3. The molecule has 1 aromatic heterocycles. The predicted molar refractivity (Wildman–Crippen MR) is 106 cm³/mol. The molecule has 0 aliphatic carbocycles. The van der Waals surface area contributed by atoms with Gasteiger partial charge in [0.25, 0.3) is 0 Å². The molecule has 0 spiro atoms. The lowest BCUT2D eigenvalue weighted by Crippen LogP contribution is -2.29. The Kier molecular flexibility index (Phi) is 5.47. The Morgan fingerprint density at radius 3 is 2.85 bits per heavy atom. The maximum Gasteiger partial charge on any atom is 0.246 e. The smallest absolute Gasteiger partial charge is 0.246 e. The first-order valence-electron chi connectivity index (χ1n) is 8.69. The second-order valence-corrected chi connectivity index (χ2v) is 6.58. The van der Waals surface area contributed by atoms with Gasteiger partial charge < -0.3 is 15.2 Å². The van der Waals surface area contributed by atoms with Crippen molar-refractivity contribution in [2.75, 3.05) is 17.2 Å². The second kappa shape index (κ2) is 7.79. The van der Waals surface area contributed by atoms with Crippen molar-refractivity contribution in [3.8, 4) is 0 Å². The van der Waals surface area contributed by atoms with E-state index < -0.39 is 0 Å². The van der Waals surface area contributed by atoms with E-state index in [1.165, 1.54) is 22.4 Å². The van der Waals surface area contributed by atoms with Gasteiger partial charge in [0.15, 0.2) is 5.82 Å². The van der Waals surface area contributed by atoms with Crippen LogP contribution in [0.5, 0.6) is 0 Å². The average molecular weight is 371 g/mol. The van der Waals surface area contributed by atoms with Crippen molar-refractivity contribution >= 4 is 23.8 Å². The van der Waals surface area contributed by atoms with Crippen LogP contribution < -0.4 is 10.6 Å². The van der Waals surface area contributed by atoms with Crippen molar-refractivity contribution in [3.63, 3.8) is 0 Å². The van der Waals surface area contributed by atoms with Gasteiger partial charge in [0, 0.05) is 24.3 Å². The van der Waals surface area contributed by atoms with Crippen LogP contribution in [0, 0.1) is 6.92 Å². The Balaban J connectivity index is 0.00000196. The van der Waals surface area contributed by atoms with E-state index in [1.807, 2.05) is 24.3 Å². The summed E-state index contributed by atoms with van der Waals surface area (Å²) in [6, 6.07) is 14.4. The third kappa shape index (κ3) is 3.68. The molecule has 3 aromatic rings. The van der Waals surface area contributed by atoms with E-state index in [0.29, 0.717) is 18.9 Å². The van der Waals surface area contributed by atoms with Crippen LogP contribution in [0.25, 0.3) is 0 Å². The van der Waals surface area contributed by atoms with Gasteiger partial charge in [-0.2, -0.15) is 4.98 Å². The van der Waals surface area contributed by atoms with E-state index >= 15 is 0 Å². The molecule has 136 valence electrons. The lowest BCUT2D eigenvalue weighted by molar-refractivity contribution is 0.370. The number of aromatic nitrogens is 2. The number of fused-ring (bicyclic) bond motifs is 1. The zero-order chi connectivity index (χ0) is 17.2. The van der Waals surface area contributed by atoms with Gasteiger partial charge in [-0.25, -0.2) is 0 Å². The molecule has 2 heterocycles. The zero-order valence-corrected chi connectivity index (χ0v) is 15.6. The number of hydrogen-bond acceptors (Lipinski definition) is 5. The molecule has 0 atom stereocenters. The van der Waals surface area contributed by atoms with Gasteiger partial charge in [-0.3, -0.25) is 0 Å². The highest BCUT2D eigenvalue weighted by molar-refractivity contribution is 5.85. The molecule has 0 saturated carbocycles. The van der Waals surface area contributed by atoms with Gasteiger partial charge in [-0.05, 0) is 48.6 Å². The molecular weight excluding hydrogens is 348 g/mol. The number of anilines is 2. The van der Waals surface area contributed by atoms with Crippen molar-refractivity contribution < 1.29 is 4.52 Å². The van der Waals surface area contributed by atoms with Gasteiger partial charge in [0.1, 0.15) is 0 Å². The number of benzene rings is 2.